The monoisotopic (exact) mass is 424 g/mol. The summed E-state index contributed by atoms with van der Waals surface area (Å²) in [5, 5.41) is 8.99. The average Bonchev–Trinajstić information content (AvgIpc) is 3.40. The number of H-pyrrole nitrogens is 1. The van der Waals surface area contributed by atoms with Gasteiger partial charge in [-0.2, -0.15) is 5.10 Å². The van der Waals surface area contributed by atoms with Crippen molar-refractivity contribution >= 4 is 28.6 Å². The first kappa shape index (κ1) is 18.7. The molecule has 0 bridgehead atoms. The molecule has 5 rings (SSSR count). The highest BCUT2D eigenvalue weighted by atomic mass is 35.5. The molecule has 1 aliphatic rings. The number of halogens is 2. The summed E-state index contributed by atoms with van der Waals surface area (Å²) in [6, 6.07) is 10.3. The van der Waals surface area contributed by atoms with Crippen LogP contribution in [0.5, 0.6) is 5.75 Å². The van der Waals surface area contributed by atoms with Gasteiger partial charge in [-0.25, -0.2) is 14.4 Å². The molecule has 30 heavy (non-hydrogen) atoms. The van der Waals surface area contributed by atoms with Crippen molar-refractivity contribution in [2.45, 2.75) is 18.9 Å². The number of imidazole rings is 1. The highest BCUT2D eigenvalue weighted by molar-refractivity contribution is 6.31. The minimum atomic E-state index is -0.449. The van der Waals surface area contributed by atoms with Gasteiger partial charge in [0.1, 0.15) is 5.82 Å². The number of methoxy groups -OCH3 is 1. The van der Waals surface area contributed by atoms with Crippen LogP contribution < -0.4 is 9.64 Å². The molecule has 0 amide bonds. The maximum absolute atomic E-state index is 14.1. The van der Waals surface area contributed by atoms with Gasteiger partial charge in [0.2, 0.25) is 5.95 Å². The average molecular weight is 425 g/mol. The van der Waals surface area contributed by atoms with Crippen LogP contribution in [0.2, 0.25) is 5.02 Å². The van der Waals surface area contributed by atoms with Crippen LogP contribution >= 0.6 is 11.6 Å². The second kappa shape index (κ2) is 7.53. The van der Waals surface area contributed by atoms with E-state index in [2.05, 4.69) is 25.1 Å². The lowest BCUT2D eigenvalue weighted by Gasteiger charge is -2.22. The predicted molar refractivity (Wildman–Crippen MR) is 112 cm³/mol. The fourth-order valence-corrected chi connectivity index (χ4v) is 4.00. The van der Waals surface area contributed by atoms with E-state index >= 15 is 0 Å². The van der Waals surface area contributed by atoms with E-state index in [9.17, 15) is 4.39 Å². The molecular weight excluding hydrogens is 407 g/mol. The fraction of sp³-hybridized carbons (Fsp3) is 0.238. The molecule has 0 radical (unpaired) electrons. The van der Waals surface area contributed by atoms with Crippen LogP contribution in [0.3, 0.4) is 0 Å². The zero-order valence-electron chi connectivity index (χ0n) is 16.1. The quantitative estimate of drug-likeness (QED) is 0.517. The number of fused-ring (bicyclic) bond motifs is 1. The van der Waals surface area contributed by atoms with E-state index in [1.165, 1.54) is 19.4 Å². The number of nitrogens with zero attached hydrogens (tertiary/aromatic N) is 5. The largest absolute Gasteiger partial charge is 0.494 e. The summed E-state index contributed by atoms with van der Waals surface area (Å²) in [6.07, 6.45) is 3.42. The molecule has 1 saturated heterocycles. The molecular formula is C21H18ClFN6O. The van der Waals surface area contributed by atoms with E-state index < -0.39 is 5.82 Å². The van der Waals surface area contributed by atoms with Crippen molar-refractivity contribution in [2.75, 3.05) is 18.6 Å². The Bertz CT molecular complexity index is 1230. The van der Waals surface area contributed by atoms with Crippen LogP contribution in [-0.2, 0) is 0 Å². The molecule has 152 valence electrons. The summed E-state index contributed by atoms with van der Waals surface area (Å²) in [6.45, 7) is 0.782. The predicted octanol–water partition coefficient (Wildman–Crippen LogP) is 4.56. The van der Waals surface area contributed by atoms with E-state index in [-0.39, 0.29) is 11.8 Å². The Kier molecular flexibility index (Phi) is 4.71. The first-order chi connectivity index (χ1) is 14.6. The zero-order chi connectivity index (χ0) is 20.7. The third-order valence-corrected chi connectivity index (χ3v) is 5.52. The number of aromatic nitrogens is 5. The van der Waals surface area contributed by atoms with Gasteiger partial charge in [0.25, 0.3) is 0 Å². The van der Waals surface area contributed by atoms with Crippen molar-refractivity contribution in [2.24, 2.45) is 0 Å². The molecule has 3 heterocycles. The molecule has 4 aromatic rings. The first-order valence-electron chi connectivity index (χ1n) is 9.58. The van der Waals surface area contributed by atoms with E-state index in [4.69, 9.17) is 21.3 Å². The van der Waals surface area contributed by atoms with Gasteiger partial charge < -0.3 is 14.6 Å². The molecule has 1 fully saturated rings. The van der Waals surface area contributed by atoms with E-state index in [1.54, 1.807) is 12.1 Å². The van der Waals surface area contributed by atoms with E-state index in [0.717, 1.165) is 36.2 Å². The third kappa shape index (κ3) is 3.33. The zero-order valence-corrected chi connectivity index (χ0v) is 16.9. The van der Waals surface area contributed by atoms with Crippen molar-refractivity contribution in [1.82, 2.24) is 25.1 Å². The summed E-state index contributed by atoms with van der Waals surface area (Å²) in [7, 11) is 1.43. The number of hydrogen-bond donors (Lipinski definition) is 1. The number of rotatable bonds is 4. The SMILES string of the molecule is COc1ccc(-c2cnnc(N3CCCC3c3nc4ccc(Cl)cc4[nH]3)n2)cc1F. The van der Waals surface area contributed by atoms with Crippen molar-refractivity contribution in [1.29, 1.82) is 0 Å². The molecule has 1 atom stereocenters. The number of nitrogens with one attached hydrogen (secondary N) is 1. The van der Waals surface area contributed by atoms with Crippen molar-refractivity contribution in [3.63, 3.8) is 0 Å². The van der Waals surface area contributed by atoms with Crippen LogP contribution in [0.15, 0.2) is 42.6 Å². The normalized spacial score (nSPS) is 16.4. The smallest absolute Gasteiger partial charge is 0.246 e. The molecule has 0 saturated carbocycles. The number of benzene rings is 2. The molecule has 1 aliphatic heterocycles. The number of anilines is 1. The van der Waals surface area contributed by atoms with Crippen LogP contribution in [0.4, 0.5) is 10.3 Å². The minimum absolute atomic E-state index is 0.000768. The Morgan fingerprint density at radius 2 is 2.10 bits per heavy atom. The van der Waals surface area contributed by atoms with Gasteiger partial charge in [-0.05, 0) is 49.2 Å². The topological polar surface area (TPSA) is 79.8 Å². The van der Waals surface area contributed by atoms with Gasteiger partial charge in [0.15, 0.2) is 11.6 Å². The summed E-state index contributed by atoms with van der Waals surface area (Å²) < 4.78 is 19.1. The lowest BCUT2D eigenvalue weighted by molar-refractivity contribution is 0.386. The molecule has 1 N–H and O–H groups in total. The van der Waals surface area contributed by atoms with Gasteiger partial charge in [0, 0.05) is 17.1 Å². The van der Waals surface area contributed by atoms with Gasteiger partial charge in [-0.3, -0.25) is 0 Å². The first-order valence-corrected chi connectivity index (χ1v) is 9.95. The Hall–Kier alpha value is -3.26. The Morgan fingerprint density at radius 1 is 1.20 bits per heavy atom. The number of ether oxygens (including phenoxy) is 1. The van der Waals surface area contributed by atoms with E-state index in [0.29, 0.717) is 22.2 Å². The van der Waals surface area contributed by atoms with Gasteiger partial charge in [-0.15, -0.1) is 5.10 Å². The fourth-order valence-electron chi connectivity index (χ4n) is 3.83. The lowest BCUT2D eigenvalue weighted by Crippen LogP contribution is -2.26. The van der Waals surface area contributed by atoms with Gasteiger partial charge in [0.05, 0.1) is 36.1 Å². The second-order valence-electron chi connectivity index (χ2n) is 7.13. The Labute approximate surface area is 176 Å². The van der Waals surface area contributed by atoms with Crippen molar-refractivity contribution in [3.8, 4) is 17.0 Å². The molecule has 2 aromatic carbocycles. The van der Waals surface area contributed by atoms with Crippen LogP contribution in [-0.4, -0.2) is 38.8 Å². The Balaban J connectivity index is 1.48. The van der Waals surface area contributed by atoms with Crippen molar-refractivity contribution in [3.05, 3.63) is 59.3 Å². The Morgan fingerprint density at radius 3 is 2.93 bits per heavy atom. The summed E-state index contributed by atoms with van der Waals surface area (Å²) >= 11 is 6.10. The maximum Gasteiger partial charge on any atom is 0.246 e. The summed E-state index contributed by atoms with van der Waals surface area (Å²) in [5.41, 5.74) is 2.91. The standard InChI is InChI=1S/C21H18ClFN6O/c1-30-19-7-4-12(9-14(19)23)17-11-24-28-21(27-17)29-8-2-3-18(29)20-25-15-6-5-13(22)10-16(15)26-20/h4-7,9-11,18H,2-3,8H2,1H3,(H,25,26). The van der Waals surface area contributed by atoms with Crippen LogP contribution in [0.25, 0.3) is 22.3 Å². The highest BCUT2D eigenvalue weighted by Gasteiger charge is 2.31. The number of aromatic amines is 1. The van der Waals surface area contributed by atoms with Gasteiger partial charge >= 0.3 is 0 Å². The van der Waals surface area contributed by atoms with E-state index in [1.807, 2.05) is 18.2 Å². The van der Waals surface area contributed by atoms with Crippen LogP contribution in [0.1, 0.15) is 24.7 Å². The molecule has 0 aliphatic carbocycles. The number of hydrogen-bond acceptors (Lipinski definition) is 6. The molecule has 9 heteroatoms. The lowest BCUT2D eigenvalue weighted by atomic mass is 10.1. The molecule has 7 nitrogen and oxygen atoms in total. The molecule has 2 aromatic heterocycles. The molecule has 0 spiro atoms. The summed E-state index contributed by atoms with van der Waals surface area (Å²) in [5.74, 6) is 1.07. The molecule has 1 unspecified atom stereocenters. The third-order valence-electron chi connectivity index (χ3n) is 5.28. The highest BCUT2D eigenvalue weighted by Crippen LogP contribution is 2.35. The minimum Gasteiger partial charge on any atom is -0.494 e. The van der Waals surface area contributed by atoms with Gasteiger partial charge in [-0.1, -0.05) is 11.6 Å². The van der Waals surface area contributed by atoms with Crippen LogP contribution in [0, 0.1) is 5.82 Å². The maximum atomic E-state index is 14.1. The second-order valence-corrected chi connectivity index (χ2v) is 7.56. The summed E-state index contributed by atoms with van der Waals surface area (Å²) in [4.78, 5) is 14.8. The van der Waals surface area contributed by atoms with Crippen molar-refractivity contribution < 1.29 is 9.13 Å².